The van der Waals surface area contributed by atoms with Gasteiger partial charge in [0.05, 0.1) is 10.7 Å². The molecule has 2 heterocycles. The molecule has 0 radical (unpaired) electrons. The molecule has 3 rings (SSSR count). The van der Waals surface area contributed by atoms with Crippen molar-refractivity contribution in [1.29, 1.82) is 0 Å². The van der Waals surface area contributed by atoms with Crippen molar-refractivity contribution in [1.82, 2.24) is 14.5 Å². The average molecular weight is 412 g/mol. The van der Waals surface area contributed by atoms with Crippen molar-refractivity contribution in [2.45, 2.75) is 40.0 Å². The van der Waals surface area contributed by atoms with Crippen LogP contribution in [0.5, 0.6) is 11.8 Å². The highest BCUT2D eigenvalue weighted by atomic mass is 35.5. The SMILES string of the molecule is CCC[C@H](C)Cc1cc(-c2ccc(=O)n(C)c2)nc(Oc2c(C)cccc2Cl)n1. The zero-order valence-electron chi connectivity index (χ0n) is 17.3. The van der Waals surface area contributed by atoms with Crippen LogP contribution in [0.1, 0.15) is 37.9 Å². The second kappa shape index (κ2) is 9.23. The summed E-state index contributed by atoms with van der Waals surface area (Å²) in [5.74, 6) is 1.05. The minimum absolute atomic E-state index is 0.0669. The lowest BCUT2D eigenvalue weighted by Crippen LogP contribution is -2.14. The van der Waals surface area contributed by atoms with Gasteiger partial charge in [0, 0.05) is 30.6 Å². The summed E-state index contributed by atoms with van der Waals surface area (Å²) in [6.45, 7) is 6.33. The molecule has 5 nitrogen and oxygen atoms in total. The van der Waals surface area contributed by atoms with Crippen molar-refractivity contribution in [2.75, 3.05) is 0 Å². The minimum atomic E-state index is -0.0669. The molecule has 0 fully saturated rings. The number of hydrogen-bond donors (Lipinski definition) is 0. The smallest absolute Gasteiger partial charge is 0.322 e. The van der Waals surface area contributed by atoms with Crippen molar-refractivity contribution < 1.29 is 4.74 Å². The molecule has 0 saturated carbocycles. The summed E-state index contributed by atoms with van der Waals surface area (Å²) in [5.41, 5.74) is 3.30. The molecule has 1 atom stereocenters. The van der Waals surface area contributed by atoms with E-state index < -0.39 is 0 Å². The molecule has 0 bridgehead atoms. The molecule has 0 N–H and O–H groups in total. The monoisotopic (exact) mass is 411 g/mol. The van der Waals surface area contributed by atoms with Gasteiger partial charge in [0.2, 0.25) is 5.56 Å². The Bertz CT molecular complexity index is 1040. The Labute approximate surface area is 176 Å². The maximum atomic E-state index is 11.8. The fraction of sp³-hybridized carbons (Fsp3) is 0.348. The lowest BCUT2D eigenvalue weighted by molar-refractivity contribution is 0.433. The number of halogens is 1. The van der Waals surface area contributed by atoms with Crippen LogP contribution < -0.4 is 10.3 Å². The largest absolute Gasteiger partial charge is 0.422 e. The summed E-state index contributed by atoms with van der Waals surface area (Å²) in [6, 6.07) is 11.1. The van der Waals surface area contributed by atoms with E-state index >= 15 is 0 Å². The van der Waals surface area contributed by atoms with Gasteiger partial charge in [-0.05, 0) is 43.0 Å². The first-order valence-corrected chi connectivity index (χ1v) is 10.2. The first-order valence-electron chi connectivity index (χ1n) is 9.85. The molecule has 152 valence electrons. The predicted octanol–water partition coefficient (Wildman–Crippen LogP) is 5.58. The summed E-state index contributed by atoms with van der Waals surface area (Å²) in [4.78, 5) is 21.0. The molecule has 0 amide bonds. The molecule has 29 heavy (non-hydrogen) atoms. The Hall–Kier alpha value is -2.66. The number of ether oxygens (including phenoxy) is 1. The van der Waals surface area contributed by atoms with Crippen molar-refractivity contribution in [3.05, 3.63) is 69.2 Å². The molecular formula is C23H26ClN3O2. The quantitative estimate of drug-likeness (QED) is 0.509. The summed E-state index contributed by atoms with van der Waals surface area (Å²) in [5, 5.41) is 0.516. The Kier molecular flexibility index (Phi) is 6.70. The standard InChI is InChI=1S/C23H26ClN3O2/c1-5-7-15(2)12-18-13-20(17-10-11-21(28)27(4)14-17)26-23(25-18)29-22-16(3)8-6-9-19(22)24/h6,8-11,13-15H,5,7,12H2,1-4H3/t15-/m0/s1. The van der Waals surface area contributed by atoms with Gasteiger partial charge >= 0.3 is 6.01 Å². The van der Waals surface area contributed by atoms with Crippen LogP contribution >= 0.6 is 11.6 Å². The van der Waals surface area contributed by atoms with Crippen LogP contribution in [0.25, 0.3) is 11.3 Å². The van der Waals surface area contributed by atoms with E-state index in [0.29, 0.717) is 22.4 Å². The zero-order valence-corrected chi connectivity index (χ0v) is 18.0. The maximum Gasteiger partial charge on any atom is 0.322 e. The topological polar surface area (TPSA) is 57.0 Å². The third kappa shape index (κ3) is 5.24. The lowest BCUT2D eigenvalue weighted by Gasteiger charge is -2.14. The van der Waals surface area contributed by atoms with Gasteiger partial charge in [0.1, 0.15) is 0 Å². The van der Waals surface area contributed by atoms with Crippen LogP contribution in [0, 0.1) is 12.8 Å². The van der Waals surface area contributed by atoms with Crippen LogP contribution in [0.2, 0.25) is 5.02 Å². The second-order valence-electron chi connectivity index (χ2n) is 7.48. The van der Waals surface area contributed by atoms with Gasteiger partial charge in [0.25, 0.3) is 0 Å². The van der Waals surface area contributed by atoms with E-state index in [-0.39, 0.29) is 11.6 Å². The average Bonchev–Trinajstić information content (AvgIpc) is 2.67. The van der Waals surface area contributed by atoms with E-state index in [1.807, 2.05) is 25.1 Å². The number of aryl methyl sites for hydroxylation is 2. The molecule has 1 aromatic carbocycles. The van der Waals surface area contributed by atoms with Crippen LogP contribution in [-0.4, -0.2) is 14.5 Å². The molecule has 0 unspecified atom stereocenters. The van der Waals surface area contributed by atoms with Crippen molar-refractivity contribution in [2.24, 2.45) is 13.0 Å². The molecule has 6 heteroatoms. The third-order valence-electron chi connectivity index (χ3n) is 4.84. The van der Waals surface area contributed by atoms with Crippen molar-refractivity contribution in [3.63, 3.8) is 0 Å². The van der Waals surface area contributed by atoms with E-state index in [4.69, 9.17) is 16.3 Å². The van der Waals surface area contributed by atoms with Crippen LogP contribution in [0.4, 0.5) is 0 Å². The highest BCUT2D eigenvalue weighted by Gasteiger charge is 2.14. The molecule has 0 aliphatic carbocycles. The lowest BCUT2D eigenvalue weighted by atomic mass is 9.99. The highest BCUT2D eigenvalue weighted by molar-refractivity contribution is 6.32. The molecule has 3 aromatic rings. The summed E-state index contributed by atoms with van der Waals surface area (Å²) in [7, 11) is 1.72. The van der Waals surface area contributed by atoms with Gasteiger partial charge < -0.3 is 9.30 Å². The van der Waals surface area contributed by atoms with Crippen LogP contribution in [0.15, 0.2) is 47.4 Å². The van der Waals surface area contributed by atoms with E-state index in [1.54, 1.807) is 25.4 Å². The van der Waals surface area contributed by atoms with Gasteiger partial charge in [0.15, 0.2) is 5.75 Å². The van der Waals surface area contributed by atoms with Gasteiger partial charge in [-0.3, -0.25) is 4.79 Å². The Morgan fingerprint density at radius 3 is 2.69 bits per heavy atom. The summed E-state index contributed by atoms with van der Waals surface area (Å²) in [6.07, 6.45) is 4.85. The van der Waals surface area contributed by atoms with Gasteiger partial charge in [-0.1, -0.05) is 50.4 Å². The number of benzene rings is 1. The van der Waals surface area contributed by atoms with E-state index in [9.17, 15) is 4.79 Å². The zero-order chi connectivity index (χ0) is 21.0. The summed E-state index contributed by atoms with van der Waals surface area (Å²) >= 11 is 6.32. The normalized spacial score (nSPS) is 12.0. The second-order valence-corrected chi connectivity index (χ2v) is 7.89. The number of nitrogens with zero attached hydrogens (tertiary/aromatic N) is 3. The van der Waals surface area contributed by atoms with E-state index in [1.165, 1.54) is 10.6 Å². The number of para-hydroxylation sites is 1. The molecular weight excluding hydrogens is 386 g/mol. The first-order chi connectivity index (χ1) is 13.9. The minimum Gasteiger partial charge on any atom is -0.422 e. The highest BCUT2D eigenvalue weighted by Crippen LogP contribution is 2.32. The molecule has 2 aromatic heterocycles. The number of pyridine rings is 1. The number of aromatic nitrogens is 3. The number of hydrogen-bond acceptors (Lipinski definition) is 4. The fourth-order valence-corrected chi connectivity index (χ4v) is 3.57. The molecule has 0 spiro atoms. The number of rotatable bonds is 7. The Morgan fingerprint density at radius 2 is 2.00 bits per heavy atom. The fourth-order valence-electron chi connectivity index (χ4n) is 3.31. The first kappa shape index (κ1) is 21.1. The van der Waals surface area contributed by atoms with Crippen molar-refractivity contribution >= 4 is 11.6 Å². The van der Waals surface area contributed by atoms with Gasteiger partial charge in [-0.2, -0.15) is 9.97 Å². The molecule has 0 aliphatic heterocycles. The van der Waals surface area contributed by atoms with Crippen LogP contribution in [-0.2, 0) is 13.5 Å². The molecule has 0 aliphatic rings. The maximum absolute atomic E-state index is 11.8. The molecule has 0 saturated heterocycles. The van der Waals surface area contributed by atoms with Gasteiger partial charge in [-0.15, -0.1) is 0 Å². The van der Waals surface area contributed by atoms with Crippen molar-refractivity contribution in [3.8, 4) is 23.0 Å². The summed E-state index contributed by atoms with van der Waals surface area (Å²) < 4.78 is 7.55. The van der Waals surface area contributed by atoms with Crippen LogP contribution in [0.3, 0.4) is 0 Å². The predicted molar refractivity (Wildman–Crippen MR) is 117 cm³/mol. The third-order valence-corrected chi connectivity index (χ3v) is 5.13. The van der Waals surface area contributed by atoms with E-state index in [2.05, 4.69) is 23.8 Å². The van der Waals surface area contributed by atoms with E-state index in [0.717, 1.165) is 36.1 Å². The Morgan fingerprint density at radius 1 is 1.21 bits per heavy atom. The van der Waals surface area contributed by atoms with Gasteiger partial charge in [-0.25, -0.2) is 0 Å². The Balaban J connectivity index is 2.04.